The Morgan fingerprint density at radius 2 is 1.83 bits per heavy atom. The van der Waals surface area contributed by atoms with Gasteiger partial charge in [0.15, 0.2) is 0 Å². The van der Waals surface area contributed by atoms with E-state index in [-0.39, 0.29) is 15.6 Å². The first-order valence-electron chi connectivity index (χ1n) is 5.06. The lowest BCUT2D eigenvalue weighted by atomic mass is 9.94. The number of alkyl halides is 3. The van der Waals surface area contributed by atoms with Gasteiger partial charge in [0, 0.05) is 12.5 Å². The Hall–Kier alpha value is -1.07. The van der Waals surface area contributed by atoms with E-state index in [1.807, 2.05) is 0 Å². The second kappa shape index (κ2) is 4.55. The normalized spacial score (nSPS) is 19.6. The lowest BCUT2D eigenvalue weighted by Crippen LogP contribution is -2.18. The molecule has 0 saturated carbocycles. The van der Waals surface area contributed by atoms with E-state index in [0.29, 0.717) is 12.4 Å². The molecule has 7 heteroatoms. The third-order valence-electron chi connectivity index (χ3n) is 2.70. The molecule has 0 bridgehead atoms. The number of hydrogen-bond acceptors (Lipinski definition) is 2. The van der Waals surface area contributed by atoms with Gasteiger partial charge in [0.1, 0.15) is 0 Å². The van der Waals surface area contributed by atoms with Crippen LogP contribution in [0.15, 0.2) is 24.0 Å². The Labute approximate surface area is 112 Å². The van der Waals surface area contributed by atoms with Gasteiger partial charge in [-0.2, -0.15) is 13.2 Å². The highest BCUT2D eigenvalue weighted by Gasteiger charge is 2.36. The van der Waals surface area contributed by atoms with Gasteiger partial charge < -0.3 is 11.1 Å². The van der Waals surface area contributed by atoms with Crippen LogP contribution in [0.1, 0.15) is 17.0 Å². The van der Waals surface area contributed by atoms with Crippen molar-refractivity contribution in [3.8, 4) is 0 Å². The lowest BCUT2D eigenvalue weighted by molar-refractivity contribution is -0.138. The van der Waals surface area contributed by atoms with E-state index >= 15 is 0 Å². The third-order valence-corrected chi connectivity index (χ3v) is 3.43. The standard InChI is InChI=1S/C11H9Cl2F3N2/c12-8-2-6(5-1-10(17)18-4-5)7(3-9(8)13)11(14,15)16/h1-3,5,18H,4,17H2/t5-/m1/s1. The van der Waals surface area contributed by atoms with Crippen molar-refractivity contribution in [1.29, 1.82) is 0 Å². The van der Waals surface area contributed by atoms with Gasteiger partial charge in [0.05, 0.1) is 21.4 Å². The molecule has 0 saturated heterocycles. The number of nitrogens with two attached hydrogens (primary N) is 1. The third kappa shape index (κ3) is 2.52. The largest absolute Gasteiger partial charge is 0.416 e. The predicted molar refractivity (Wildman–Crippen MR) is 64.5 cm³/mol. The van der Waals surface area contributed by atoms with Crippen molar-refractivity contribution in [1.82, 2.24) is 5.32 Å². The number of nitrogens with one attached hydrogen (secondary N) is 1. The van der Waals surface area contributed by atoms with Gasteiger partial charge in [-0.1, -0.05) is 23.2 Å². The Bertz CT molecular complexity index is 512. The van der Waals surface area contributed by atoms with Crippen molar-refractivity contribution in [2.24, 2.45) is 5.73 Å². The van der Waals surface area contributed by atoms with Gasteiger partial charge in [0.2, 0.25) is 0 Å². The van der Waals surface area contributed by atoms with Crippen LogP contribution in [0.3, 0.4) is 0 Å². The molecule has 0 spiro atoms. The van der Waals surface area contributed by atoms with Crippen LogP contribution in [0.4, 0.5) is 13.2 Å². The average molecular weight is 297 g/mol. The minimum absolute atomic E-state index is 0.0739. The summed E-state index contributed by atoms with van der Waals surface area (Å²) in [5.74, 6) is -0.101. The predicted octanol–water partition coefficient (Wildman–Crippen LogP) is 3.50. The molecule has 0 unspecified atom stereocenters. The quantitative estimate of drug-likeness (QED) is 0.832. The van der Waals surface area contributed by atoms with Gasteiger partial charge in [-0.3, -0.25) is 0 Å². The molecule has 2 nitrogen and oxygen atoms in total. The van der Waals surface area contributed by atoms with Crippen molar-refractivity contribution >= 4 is 23.2 Å². The van der Waals surface area contributed by atoms with Crippen molar-refractivity contribution in [3.63, 3.8) is 0 Å². The molecule has 0 amide bonds. The zero-order valence-corrected chi connectivity index (χ0v) is 10.5. The molecule has 1 aromatic rings. The first-order chi connectivity index (χ1) is 8.29. The SMILES string of the molecule is NC1=C[C@@H](c2cc(Cl)c(Cl)cc2C(F)(F)F)CN1. The highest BCUT2D eigenvalue weighted by molar-refractivity contribution is 6.42. The molecule has 18 heavy (non-hydrogen) atoms. The van der Waals surface area contributed by atoms with Crippen LogP contribution in [0.2, 0.25) is 10.0 Å². The first-order valence-corrected chi connectivity index (χ1v) is 5.82. The maximum absolute atomic E-state index is 12.9. The highest BCUT2D eigenvalue weighted by Crippen LogP contribution is 2.40. The van der Waals surface area contributed by atoms with Gasteiger partial charge >= 0.3 is 6.18 Å². The molecule has 1 aliphatic heterocycles. The lowest BCUT2D eigenvalue weighted by Gasteiger charge is -2.17. The van der Waals surface area contributed by atoms with Crippen molar-refractivity contribution in [3.05, 3.63) is 45.2 Å². The Morgan fingerprint density at radius 3 is 2.33 bits per heavy atom. The molecule has 3 N–H and O–H groups in total. The summed E-state index contributed by atoms with van der Waals surface area (Å²) >= 11 is 11.4. The molecule has 0 aromatic heterocycles. The van der Waals surface area contributed by atoms with Crippen LogP contribution in [0, 0.1) is 0 Å². The first kappa shape index (κ1) is 13.4. The minimum atomic E-state index is -4.48. The number of hydrogen-bond donors (Lipinski definition) is 2. The summed E-state index contributed by atoms with van der Waals surface area (Å²) in [6.45, 7) is 0.312. The molecule has 1 aliphatic rings. The van der Waals surface area contributed by atoms with E-state index in [4.69, 9.17) is 28.9 Å². The molecular weight excluding hydrogens is 288 g/mol. The van der Waals surface area contributed by atoms with Gasteiger partial charge in [-0.25, -0.2) is 0 Å². The summed E-state index contributed by atoms with van der Waals surface area (Å²) in [6.07, 6.45) is -2.94. The highest BCUT2D eigenvalue weighted by atomic mass is 35.5. The van der Waals surface area contributed by atoms with Gasteiger partial charge in [0.25, 0.3) is 0 Å². The molecule has 1 aromatic carbocycles. The number of halogens is 5. The fourth-order valence-electron chi connectivity index (χ4n) is 1.88. The number of benzene rings is 1. The van der Waals surface area contributed by atoms with E-state index in [2.05, 4.69) is 5.32 Å². The summed E-state index contributed by atoms with van der Waals surface area (Å²) in [6, 6.07) is 2.09. The summed E-state index contributed by atoms with van der Waals surface area (Å²) in [7, 11) is 0. The minimum Gasteiger partial charge on any atom is -0.386 e. The van der Waals surface area contributed by atoms with Crippen LogP contribution >= 0.6 is 23.2 Å². The Kier molecular flexibility index (Phi) is 3.38. The van der Waals surface area contributed by atoms with Crippen LogP contribution in [-0.4, -0.2) is 6.54 Å². The van der Waals surface area contributed by atoms with Crippen LogP contribution in [-0.2, 0) is 6.18 Å². The van der Waals surface area contributed by atoms with Gasteiger partial charge in [-0.15, -0.1) is 0 Å². The van der Waals surface area contributed by atoms with E-state index in [9.17, 15) is 13.2 Å². The van der Waals surface area contributed by atoms with E-state index in [0.717, 1.165) is 6.07 Å². The van der Waals surface area contributed by atoms with E-state index < -0.39 is 17.7 Å². The van der Waals surface area contributed by atoms with Crippen molar-refractivity contribution in [2.45, 2.75) is 12.1 Å². The molecule has 0 aliphatic carbocycles. The van der Waals surface area contributed by atoms with Crippen molar-refractivity contribution < 1.29 is 13.2 Å². The molecule has 0 radical (unpaired) electrons. The number of rotatable bonds is 1. The molecule has 1 atom stereocenters. The summed E-state index contributed by atoms with van der Waals surface area (Å²) in [5.41, 5.74) is 4.79. The van der Waals surface area contributed by atoms with Crippen LogP contribution in [0.25, 0.3) is 0 Å². The fourth-order valence-corrected chi connectivity index (χ4v) is 2.21. The molecule has 2 rings (SSSR count). The second-order valence-corrected chi connectivity index (χ2v) is 4.78. The summed E-state index contributed by atoms with van der Waals surface area (Å²) < 4.78 is 38.8. The summed E-state index contributed by atoms with van der Waals surface area (Å²) in [4.78, 5) is 0. The van der Waals surface area contributed by atoms with E-state index in [1.54, 1.807) is 0 Å². The smallest absolute Gasteiger partial charge is 0.386 e. The molecule has 98 valence electrons. The van der Waals surface area contributed by atoms with Gasteiger partial charge in [-0.05, 0) is 23.8 Å². The molecular formula is C11H9Cl2F3N2. The average Bonchev–Trinajstić information content (AvgIpc) is 2.67. The Balaban J connectivity index is 2.55. The topological polar surface area (TPSA) is 38.0 Å². The molecule has 0 fully saturated rings. The van der Waals surface area contributed by atoms with E-state index in [1.165, 1.54) is 12.1 Å². The monoisotopic (exact) mass is 296 g/mol. The maximum atomic E-state index is 12.9. The second-order valence-electron chi connectivity index (χ2n) is 3.96. The fraction of sp³-hybridized carbons (Fsp3) is 0.273. The van der Waals surface area contributed by atoms with Crippen LogP contribution in [0.5, 0.6) is 0 Å². The van der Waals surface area contributed by atoms with Crippen molar-refractivity contribution in [2.75, 3.05) is 6.54 Å². The molecule has 1 heterocycles. The zero-order chi connectivity index (χ0) is 13.5. The maximum Gasteiger partial charge on any atom is 0.416 e. The van der Waals surface area contributed by atoms with Crippen LogP contribution < -0.4 is 11.1 Å². The zero-order valence-electron chi connectivity index (χ0n) is 8.98. The summed E-state index contributed by atoms with van der Waals surface area (Å²) in [5, 5.41) is 2.76. The Morgan fingerprint density at radius 1 is 1.22 bits per heavy atom.